The van der Waals surface area contributed by atoms with Crippen molar-refractivity contribution in [1.82, 2.24) is 0 Å². The Balaban J connectivity index is 2.48. The molecule has 118 valence electrons. The molecule has 0 aliphatic carbocycles. The van der Waals surface area contributed by atoms with Crippen LogP contribution in [0.25, 0.3) is 21.9 Å². The van der Waals surface area contributed by atoms with Crippen LogP contribution in [0.15, 0.2) is 44.4 Å². The molecule has 3 aromatic rings. The highest BCUT2D eigenvalue weighted by Gasteiger charge is 2.16. The lowest BCUT2D eigenvalue weighted by Crippen LogP contribution is -2.06. The minimum Gasteiger partial charge on any atom is -0.493 e. The van der Waals surface area contributed by atoms with Crippen molar-refractivity contribution in [3.63, 3.8) is 0 Å². The molecule has 3 rings (SSSR count). The predicted octanol–water partition coefficient (Wildman–Crippen LogP) is 2.39. The Morgan fingerprint density at radius 1 is 1.22 bits per heavy atom. The Labute approximate surface area is 132 Å². The minimum atomic E-state index is -1.31. The van der Waals surface area contributed by atoms with Crippen molar-refractivity contribution < 1.29 is 23.3 Å². The van der Waals surface area contributed by atoms with Gasteiger partial charge in [0.1, 0.15) is 5.58 Å². The van der Waals surface area contributed by atoms with Crippen LogP contribution in [0.4, 0.5) is 0 Å². The summed E-state index contributed by atoms with van der Waals surface area (Å²) in [7, 11) is 0.120. The van der Waals surface area contributed by atoms with Gasteiger partial charge in [-0.3, -0.25) is 9.00 Å². The van der Waals surface area contributed by atoms with E-state index in [9.17, 15) is 13.8 Å². The summed E-state index contributed by atoms with van der Waals surface area (Å²) in [5.74, 6) is -0.832. The topological polar surface area (TPSA) is 93.8 Å². The Bertz CT molecular complexity index is 1030. The standard InChI is InChI=1S/C16H12O6S/c1-21-13-7-9(23(2)20)6-11-14(17)10-5-8(16(18)19)3-4-12(10)22-15(11)13/h3-7H,1-2H3,(H,18,19). The van der Waals surface area contributed by atoms with E-state index in [2.05, 4.69) is 0 Å². The first kappa shape index (κ1) is 15.2. The molecule has 0 saturated heterocycles. The number of ether oxygens (including phenoxy) is 1. The molecule has 6 nitrogen and oxygen atoms in total. The van der Waals surface area contributed by atoms with E-state index >= 15 is 0 Å². The summed E-state index contributed by atoms with van der Waals surface area (Å²) in [6.45, 7) is 0. The van der Waals surface area contributed by atoms with Gasteiger partial charge in [-0.25, -0.2) is 4.79 Å². The Hall–Kier alpha value is -2.67. The van der Waals surface area contributed by atoms with Gasteiger partial charge in [-0.05, 0) is 24.3 Å². The predicted molar refractivity (Wildman–Crippen MR) is 85.8 cm³/mol. The zero-order valence-corrected chi connectivity index (χ0v) is 13.1. The molecule has 1 atom stereocenters. The van der Waals surface area contributed by atoms with E-state index in [0.29, 0.717) is 10.6 Å². The molecule has 0 aliphatic heterocycles. The number of rotatable bonds is 3. The second-order valence-corrected chi connectivity index (χ2v) is 6.28. The van der Waals surface area contributed by atoms with Crippen LogP contribution < -0.4 is 10.2 Å². The highest BCUT2D eigenvalue weighted by Crippen LogP contribution is 2.30. The molecular formula is C16H12O6S. The van der Waals surface area contributed by atoms with Gasteiger partial charge in [0.05, 0.1) is 23.4 Å². The van der Waals surface area contributed by atoms with Crippen molar-refractivity contribution in [3.8, 4) is 5.75 Å². The lowest BCUT2D eigenvalue weighted by Gasteiger charge is -2.08. The summed E-state index contributed by atoms with van der Waals surface area (Å²) < 4.78 is 22.6. The van der Waals surface area contributed by atoms with Crippen LogP contribution in [0.3, 0.4) is 0 Å². The van der Waals surface area contributed by atoms with E-state index in [0.717, 1.165) is 0 Å². The first-order valence-electron chi connectivity index (χ1n) is 6.57. The Morgan fingerprint density at radius 3 is 2.57 bits per heavy atom. The molecule has 1 N–H and O–H groups in total. The van der Waals surface area contributed by atoms with E-state index in [-0.39, 0.29) is 27.5 Å². The van der Waals surface area contributed by atoms with E-state index in [1.54, 1.807) is 6.07 Å². The van der Waals surface area contributed by atoms with Gasteiger partial charge in [0.25, 0.3) is 0 Å². The fourth-order valence-electron chi connectivity index (χ4n) is 2.35. The number of hydrogen-bond acceptors (Lipinski definition) is 5. The summed E-state index contributed by atoms with van der Waals surface area (Å²) in [5, 5.41) is 9.40. The summed E-state index contributed by atoms with van der Waals surface area (Å²) in [6, 6.07) is 7.10. The fourth-order valence-corrected chi connectivity index (χ4v) is 2.91. The third-order valence-corrected chi connectivity index (χ3v) is 4.41. The molecule has 7 heteroatoms. The minimum absolute atomic E-state index is 0.00802. The SMILES string of the molecule is COc1cc(S(C)=O)cc2c(=O)c3cc(C(=O)O)ccc3oc12. The molecular weight excluding hydrogens is 320 g/mol. The molecule has 0 fully saturated rings. The maximum Gasteiger partial charge on any atom is 0.335 e. The van der Waals surface area contributed by atoms with E-state index in [4.69, 9.17) is 14.3 Å². The number of carboxylic acids is 1. The Morgan fingerprint density at radius 2 is 1.96 bits per heavy atom. The Kier molecular flexibility index (Phi) is 3.65. The summed E-state index contributed by atoms with van der Waals surface area (Å²) in [4.78, 5) is 24.2. The number of methoxy groups -OCH3 is 1. The largest absolute Gasteiger partial charge is 0.493 e. The lowest BCUT2D eigenvalue weighted by molar-refractivity contribution is 0.0697. The van der Waals surface area contributed by atoms with Gasteiger partial charge in [0, 0.05) is 28.0 Å². The van der Waals surface area contributed by atoms with Crippen LogP contribution in [-0.2, 0) is 10.8 Å². The zero-order valence-electron chi connectivity index (χ0n) is 12.3. The number of fused-ring (bicyclic) bond motifs is 2. The summed E-state index contributed by atoms with van der Waals surface area (Å²) >= 11 is 0. The van der Waals surface area contributed by atoms with Crippen molar-refractivity contribution in [2.24, 2.45) is 0 Å². The maximum absolute atomic E-state index is 12.7. The number of carbonyl (C=O) groups is 1. The van der Waals surface area contributed by atoms with Crippen molar-refractivity contribution in [3.05, 3.63) is 46.1 Å². The van der Waals surface area contributed by atoms with Gasteiger partial charge in [0.2, 0.25) is 5.43 Å². The molecule has 0 aliphatic rings. The van der Waals surface area contributed by atoms with Crippen LogP contribution in [0.2, 0.25) is 0 Å². The van der Waals surface area contributed by atoms with Gasteiger partial charge in [-0.15, -0.1) is 0 Å². The summed E-state index contributed by atoms with van der Waals surface area (Å²) in [5.41, 5.74) is 0.0970. The summed E-state index contributed by atoms with van der Waals surface area (Å²) in [6.07, 6.45) is 1.49. The molecule has 0 spiro atoms. The number of carboxylic acid groups (broad SMARTS) is 1. The molecule has 0 radical (unpaired) electrons. The van der Waals surface area contributed by atoms with Gasteiger partial charge in [-0.1, -0.05) is 0 Å². The van der Waals surface area contributed by atoms with Crippen LogP contribution in [-0.4, -0.2) is 28.7 Å². The van der Waals surface area contributed by atoms with Crippen LogP contribution in [0.5, 0.6) is 5.75 Å². The molecule has 0 bridgehead atoms. The third-order valence-electron chi connectivity index (χ3n) is 3.51. The van der Waals surface area contributed by atoms with Gasteiger partial charge in [-0.2, -0.15) is 0 Å². The monoisotopic (exact) mass is 332 g/mol. The average Bonchev–Trinajstić information content (AvgIpc) is 2.53. The number of hydrogen-bond donors (Lipinski definition) is 1. The van der Waals surface area contributed by atoms with Crippen LogP contribution in [0.1, 0.15) is 10.4 Å². The van der Waals surface area contributed by atoms with E-state index in [1.165, 1.54) is 37.6 Å². The quantitative estimate of drug-likeness (QED) is 0.740. The molecule has 1 unspecified atom stereocenters. The maximum atomic E-state index is 12.7. The molecule has 0 amide bonds. The second-order valence-electron chi connectivity index (χ2n) is 4.90. The number of benzene rings is 2. The van der Waals surface area contributed by atoms with E-state index in [1.807, 2.05) is 0 Å². The van der Waals surface area contributed by atoms with Gasteiger partial charge in [0.15, 0.2) is 11.3 Å². The first-order valence-corrected chi connectivity index (χ1v) is 8.13. The van der Waals surface area contributed by atoms with Gasteiger partial charge < -0.3 is 14.3 Å². The molecule has 2 aromatic carbocycles. The number of aromatic carboxylic acids is 1. The van der Waals surface area contributed by atoms with Crippen molar-refractivity contribution >= 4 is 38.7 Å². The zero-order chi connectivity index (χ0) is 16.7. The third kappa shape index (κ3) is 2.49. The van der Waals surface area contributed by atoms with Crippen LogP contribution >= 0.6 is 0 Å². The molecule has 1 heterocycles. The molecule has 0 saturated carbocycles. The normalized spacial score (nSPS) is 12.4. The highest BCUT2D eigenvalue weighted by molar-refractivity contribution is 7.84. The molecule has 1 aromatic heterocycles. The lowest BCUT2D eigenvalue weighted by atomic mass is 10.1. The van der Waals surface area contributed by atoms with Crippen LogP contribution in [0, 0.1) is 0 Å². The molecule has 23 heavy (non-hydrogen) atoms. The highest BCUT2D eigenvalue weighted by atomic mass is 32.2. The fraction of sp³-hybridized carbons (Fsp3) is 0.125. The second kappa shape index (κ2) is 5.51. The first-order chi connectivity index (χ1) is 10.9. The van der Waals surface area contributed by atoms with Crippen molar-refractivity contribution in [1.29, 1.82) is 0 Å². The van der Waals surface area contributed by atoms with Gasteiger partial charge >= 0.3 is 5.97 Å². The van der Waals surface area contributed by atoms with E-state index < -0.39 is 22.2 Å². The average molecular weight is 332 g/mol. The van der Waals surface area contributed by atoms with Crippen molar-refractivity contribution in [2.75, 3.05) is 13.4 Å². The smallest absolute Gasteiger partial charge is 0.335 e. The van der Waals surface area contributed by atoms with Crippen molar-refractivity contribution in [2.45, 2.75) is 4.90 Å².